The standard InChI is InChI=1S/C15H21N3O2/c16-14(19)11-13-15(20)17-8-10-18(13)9-4-7-12-5-2-1-3-6-12/h1-3,5-6,13H,4,7-11H2,(H2,16,19)(H,17,20). The van der Waals surface area contributed by atoms with Crippen molar-refractivity contribution in [2.75, 3.05) is 19.6 Å². The highest BCUT2D eigenvalue weighted by molar-refractivity contribution is 5.88. The van der Waals surface area contributed by atoms with Gasteiger partial charge < -0.3 is 11.1 Å². The molecule has 1 aliphatic rings. The van der Waals surface area contributed by atoms with Crippen LogP contribution in [-0.4, -0.2) is 42.4 Å². The Kier molecular flexibility index (Phi) is 5.12. The number of nitrogens with one attached hydrogen (secondary N) is 1. The van der Waals surface area contributed by atoms with Gasteiger partial charge in [-0.3, -0.25) is 14.5 Å². The third-order valence-electron chi connectivity index (χ3n) is 3.59. The fourth-order valence-corrected chi connectivity index (χ4v) is 2.57. The number of primary amides is 1. The fourth-order valence-electron chi connectivity index (χ4n) is 2.57. The van der Waals surface area contributed by atoms with Crippen LogP contribution in [-0.2, 0) is 16.0 Å². The summed E-state index contributed by atoms with van der Waals surface area (Å²) < 4.78 is 0. The number of carbonyl (C=O) groups excluding carboxylic acids is 2. The lowest BCUT2D eigenvalue weighted by molar-refractivity contribution is -0.133. The second kappa shape index (κ2) is 7.05. The van der Waals surface area contributed by atoms with Crippen LogP contribution >= 0.6 is 0 Å². The molecule has 0 aliphatic carbocycles. The molecule has 1 aliphatic heterocycles. The van der Waals surface area contributed by atoms with Gasteiger partial charge in [0.05, 0.1) is 12.5 Å². The van der Waals surface area contributed by atoms with E-state index in [2.05, 4.69) is 22.3 Å². The number of hydrogen-bond acceptors (Lipinski definition) is 3. The van der Waals surface area contributed by atoms with Gasteiger partial charge in [-0.05, 0) is 24.9 Å². The molecule has 1 unspecified atom stereocenters. The van der Waals surface area contributed by atoms with Crippen molar-refractivity contribution in [3.8, 4) is 0 Å². The van der Waals surface area contributed by atoms with E-state index >= 15 is 0 Å². The first-order chi connectivity index (χ1) is 9.66. The van der Waals surface area contributed by atoms with Crippen molar-refractivity contribution in [1.82, 2.24) is 10.2 Å². The summed E-state index contributed by atoms with van der Waals surface area (Å²) in [6.07, 6.45) is 2.03. The number of amides is 2. The second-order valence-corrected chi connectivity index (χ2v) is 5.10. The minimum absolute atomic E-state index is 0.0882. The number of nitrogens with two attached hydrogens (primary N) is 1. The number of aryl methyl sites for hydroxylation is 1. The molecular formula is C15H21N3O2. The Labute approximate surface area is 119 Å². The van der Waals surface area contributed by atoms with E-state index in [-0.39, 0.29) is 12.3 Å². The first-order valence-electron chi connectivity index (χ1n) is 7.01. The van der Waals surface area contributed by atoms with Gasteiger partial charge in [0.25, 0.3) is 0 Å². The molecule has 5 nitrogen and oxygen atoms in total. The van der Waals surface area contributed by atoms with E-state index in [1.54, 1.807) is 0 Å². The normalized spacial score (nSPS) is 19.6. The summed E-state index contributed by atoms with van der Waals surface area (Å²) in [5, 5.41) is 2.79. The lowest BCUT2D eigenvalue weighted by Gasteiger charge is -2.34. The Morgan fingerprint density at radius 2 is 2.10 bits per heavy atom. The van der Waals surface area contributed by atoms with Gasteiger partial charge >= 0.3 is 0 Å². The molecular weight excluding hydrogens is 254 g/mol. The quantitative estimate of drug-likeness (QED) is 0.784. The zero-order chi connectivity index (χ0) is 14.4. The lowest BCUT2D eigenvalue weighted by Crippen LogP contribution is -2.56. The van der Waals surface area contributed by atoms with Gasteiger partial charge in [-0.2, -0.15) is 0 Å². The molecule has 1 heterocycles. The summed E-state index contributed by atoms with van der Waals surface area (Å²) in [4.78, 5) is 24.9. The van der Waals surface area contributed by atoms with Crippen LogP contribution in [0.5, 0.6) is 0 Å². The van der Waals surface area contributed by atoms with Crippen molar-refractivity contribution >= 4 is 11.8 Å². The molecule has 1 aromatic carbocycles. The molecule has 1 fully saturated rings. The summed E-state index contributed by atoms with van der Waals surface area (Å²) in [5.74, 6) is -0.519. The first-order valence-corrected chi connectivity index (χ1v) is 7.01. The number of piperazine rings is 1. The maximum absolute atomic E-state index is 11.8. The monoisotopic (exact) mass is 275 g/mol. The predicted molar refractivity (Wildman–Crippen MR) is 76.9 cm³/mol. The lowest BCUT2D eigenvalue weighted by atomic mass is 10.1. The van der Waals surface area contributed by atoms with Gasteiger partial charge in [0, 0.05) is 13.1 Å². The Balaban J connectivity index is 1.86. The van der Waals surface area contributed by atoms with Crippen LogP contribution in [0.3, 0.4) is 0 Å². The second-order valence-electron chi connectivity index (χ2n) is 5.10. The summed E-state index contributed by atoms with van der Waals surface area (Å²) in [6, 6.07) is 9.85. The number of rotatable bonds is 6. The van der Waals surface area contributed by atoms with E-state index < -0.39 is 11.9 Å². The smallest absolute Gasteiger partial charge is 0.237 e. The third kappa shape index (κ3) is 4.06. The van der Waals surface area contributed by atoms with E-state index in [0.29, 0.717) is 6.54 Å². The highest BCUT2D eigenvalue weighted by Gasteiger charge is 2.30. The molecule has 2 rings (SSSR count). The van der Waals surface area contributed by atoms with Crippen molar-refractivity contribution in [3.63, 3.8) is 0 Å². The molecule has 0 bridgehead atoms. The molecule has 1 aromatic rings. The van der Waals surface area contributed by atoms with Crippen LogP contribution in [0.2, 0.25) is 0 Å². The first kappa shape index (κ1) is 14.5. The van der Waals surface area contributed by atoms with Gasteiger partial charge in [-0.25, -0.2) is 0 Å². The molecule has 0 spiro atoms. The predicted octanol–water partition coefficient (Wildman–Crippen LogP) is 0.295. The minimum atomic E-state index is -0.430. The van der Waals surface area contributed by atoms with Gasteiger partial charge in [-0.1, -0.05) is 30.3 Å². The van der Waals surface area contributed by atoms with Gasteiger partial charge in [0.2, 0.25) is 11.8 Å². The molecule has 2 amide bonds. The molecule has 5 heteroatoms. The van der Waals surface area contributed by atoms with Crippen molar-refractivity contribution in [2.45, 2.75) is 25.3 Å². The van der Waals surface area contributed by atoms with E-state index in [9.17, 15) is 9.59 Å². The van der Waals surface area contributed by atoms with Crippen LogP contribution in [0.4, 0.5) is 0 Å². The van der Waals surface area contributed by atoms with Gasteiger partial charge in [0.1, 0.15) is 0 Å². The van der Waals surface area contributed by atoms with Crippen LogP contribution in [0.1, 0.15) is 18.4 Å². The van der Waals surface area contributed by atoms with Crippen molar-refractivity contribution in [1.29, 1.82) is 0 Å². The Morgan fingerprint density at radius 1 is 1.35 bits per heavy atom. The van der Waals surface area contributed by atoms with Crippen LogP contribution in [0.15, 0.2) is 30.3 Å². The largest absolute Gasteiger partial charge is 0.370 e. The Bertz CT molecular complexity index is 461. The zero-order valence-electron chi connectivity index (χ0n) is 11.5. The molecule has 1 saturated heterocycles. The summed E-state index contributed by atoms with van der Waals surface area (Å²) in [5.41, 5.74) is 6.51. The van der Waals surface area contributed by atoms with E-state index in [0.717, 1.165) is 25.9 Å². The van der Waals surface area contributed by atoms with E-state index in [4.69, 9.17) is 5.73 Å². The average molecular weight is 275 g/mol. The molecule has 0 aromatic heterocycles. The molecule has 0 radical (unpaired) electrons. The molecule has 0 saturated carbocycles. The van der Waals surface area contributed by atoms with Gasteiger partial charge in [0.15, 0.2) is 0 Å². The van der Waals surface area contributed by atoms with Crippen molar-refractivity contribution < 1.29 is 9.59 Å². The Morgan fingerprint density at radius 3 is 2.80 bits per heavy atom. The van der Waals surface area contributed by atoms with Gasteiger partial charge in [-0.15, -0.1) is 0 Å². The summed E-state index contributed by atoms with van der Waals surface area (Å²) in [7, 11) is 0. The third-order valence-corrected chi connectivity index (χ3v) is 3.59. The molecule has 3 N–H and O–H groups in total. The van der Waals surface area contributed by atoms with Crippen molar-refractivity contribution in [3.05, 3.63) is 35.9 Å². The number of benzene rings is 1. The average Bonchev–Trinajstić information content (AvgIpc) is 2.43. The number of carbonyl (C=O) groups is 2. The van der Waals surface area contributed by atoms with E-state index in [1.165, 1.54) is 5.56 Å². The number of hydrogen-bond donors (Lipinski definition) is 2. The highest BCUT2D eigenvalue weighted by atomic mass is 16.2. The maximum atomic E-state index is 11.8. The minimum Gasteiger partial charge on any atom is -0.370 e. The zero-order valence-corrected chi connectivity index (χ0v) is 11.5. The van der Waals surface area contributed by atoms with Crippen molar-refractivity contribution in [2.24, 2.45) is 5.73 Å². The summed E-state index contributed by atoms with van der Waals surface area (Å²) >= 11 is 0. The fraction of sp³-hybridized carbons (Fsp3) is 0.467. The highest BCUT2D eigenvalue weighted by Crippen LogP contribution is 2.11. The van der Waals surface area contributed by atoms with Crippen LogP contribution in [0.25, 0.3) is 0 Å². The molecule has 20 heavy (non-hydrogen) atoms. The topological polar surface area (TPSA) is 75.4 Å². The maximum Gasteiger partial charge on any atom is 0.237 e. The molecule has 108 valence electrons. The summed E-state index contributed by atoms with van der Waals surface area (Å²) in [6.45, 7) is 2.22. The molecule has 1 atom stereocenters. The SMILES string of the molecule is NC(=O)CC1C(=O)NCCN1CCCc1ccccc1. The van der Waals surface area contributed by atoms with E-state index in [1.807, 2.05) is 18.2 Å². The van der Waals surface area contributed by atoms with Crippen LogP contribution < -0.4 is 11.1 Å². The number of nitrogens with zero attached hydrogens (tertiary/aromatic N) is 1. The Hall–Kier alpha value is -1.88. The van der Waals surface area contributed by atoms with Crippen LogP contribution in [0, 0.1) is 0 Å².